The maximum absolute atomic E-state index is 14.0. The molecule has 0 radical (unpaired) electrons. The smallest absolute Gasteiger partial charge is 0.269 e. The zero-order chi connectivity index (χ0) is 24.6. The molecule has 3 aromatic carbocycles. The summed E-state index contributed by atoms with van der Waals surface area (Å²) in [5, 5.41) is 2.91. The van der Waals surface area contributed by atoms with Crippen molar-refractivity contribution in [3.63, 3.8) is 0 Å². The standard InChI is InChI=1S/C27H25N3O4S/c1-18-10-12-19(13-11-18)15-28-24(31)16-29-23-9-4-3-8-22(23)27(26(29)33)30(25(32)17-35-27)20-6-5-7-21(14-20)34-2/h3-14H,15-17H2,1-2H3,(H,28,31)/t27-/m1/s1. The zero-order valence-electron chi connectivity index (χ0n) is 19.5. The van der Waals surface area contributed by atoms with E-state index in [0.29, 0.717) is 29.2 Å². The molecule has 1 fully saturated rings. The number of amides is 3. The van der Waals surface area contributed by atoms with Crippen LogP contribution in [-0.2, 0) is 25.8 Å². The van der Waals surface area contributed by atoms with Crippen LogP contribution in [0.4, 0.5) is 11.4 Å². The summed E-state index contributed by atoms with van der Waals surface area (Å²) in [7, 11) is 1.56. The largest absolute Gasteiger partial charge is 0.497 e. The van der Waals surface area contributed by atoms with Crippen molar-refractivity contribution in [3.05, 3.63) is 89.5 Å². The molecule has 8 heteroatoms. The molecule has 178 valence electrons. The summed E-state index contributed by atoms with van der Waals surface area (Å²) < 4.78 is 5.35. The maximum Gasteiger partial charge on any atom is 0.269 e. The van der Waals surface area contributed by atoms with Crippen molar-refractivity contribution in [2.24, 2.45) is 0 Å². The van der Waals surface area contributed by atoms with Gasteiger partial charge in [0.1, 0.15) is 12.3 Å². The number of para-hydroxylation sites is 1. The summed E-state index contributed by atoms with van der Waals surface area (Å²) >= 11 is 1.28. The van der Waals surface area contributed by atoms with Gasteiger partial charge in [-0.25, -0.2) is 0 Å². The molecule has 0 aromatic heterocycles. The summed E-state index contributed by atoms with van der Waals surface area (Å²) in [5.41, 5.74) is 4.05. The van der Waals surface area contributed by atoms with E-state index in [1.807, 2.05) is 55.5 Å². The first-order valence-electron chi connectivity index (χ1n) is 11.3. The molecule has 1 spiro atoms. The molecule has 35 heavy (non-hydrogen) atoms. The maximum atomic E-state index is 14.0. The molecule has 0 unspecified atom stereocenters. The fraction of sp³-hybridized carbons (Fsp3) is 0.222. The number of fused-ring (bicyclic) bond motifs is 2. The van der Waals surface area contributed by atoms with Crippen molar-refractivity contribution in [2.45, 2.75) is 18.3 Å². The SMILES string of the molecule is COc1cccc(N2C(=O)CS[C@]23C(=O)N(CC(=O)NCc2ccc(C)cc2)c2ccccc23)c1. The van der Waals surface area contributed by atoms with Gasteiger partial charge in [0.25, 0.3) is 5.91 Å². The molecule has 3 aromatic rings. The van der Waals surface area contributed by atoms with Gasteiger partial charge in [0.2, 0.25) is 16.7 Å². The Morgan fingerprint density at radius 1 is 1.06 bits per heavy atom. The lowest BCUT2D eigenvalue weighted by Crippen LogP contribution is -2.51. The molecule has 0 saturated carbocycles. The van der Waals surface area contributed by atoms with Crippen LogP contribution in [0.15, 0.2) is 72.8 Å². The average Bonchev–Trinajstić information content (AvgIpc) is 3.34. The molecule has 3 amide bonds. The fourth-order valence-corrected chi connectivity index (χ4v) is 5.93. The summed E-state index contributed by atoms with van der Waals surface area (Å²) in [6.07, 6.45) is 0. The van der Waals surface area contributed by atoms with E-state index in [1.54, 1.807) is 36.3 Å². The number of thioether (sulfide) groups is 1. The van der Waals surface area contributed by atoms with Gasteiger partial charge in [0.05, 0.1) is 18.6 Å². The predicted octanol–water partition coefficient (Wildman–Crippen LogP) is 3.60. The topological polar surface area (TPSA) is 79.0 Å². The molecule has 0 bridgehead atoms. The molecule has 2 aliphatic heterocycles. The molecule has 1 N–H and O–H groups in total. The first kappa shape index (κ1) is 23.0. The molecule has 5 rings (SSSR count). The van der Waals surface area contributed by atoms with Crippen molar-refractivity contribution < 1.29 is 19.1 Å². The summed E-state index contributed by atoms with van der Waals surface area (Å²) in [5.74, 6) is 0.00599. The number of hydrogen-bond donors (Lipinski definition) is 1. The molecular formula is C27H25N3O4S. The van der Waals surface area contributed by atoms with Gasteiger partial charge < -0.3 is 10.1 Å². The van der Waals surface area contributed by atoms with E-state index in [4.69, 9.17) is 4.74 Å². The summed E-state index contributed by atoms with van der Waals surface area (Å²) in [6, 6.07) is 22.4. The predicted molar refractivity (Wildman–Crippen MR) is 136 cm³/mol. The number of carbonyl (C=O) groups excluding carboxylic acids is 3. The number of benzene rings is 3. The lowest BCUT2D eigenvalue weighted by atomic mass is 10.0. The van der Waals surface area contributed by atoms with Crippen LogP contribution in [0.3, 0.4) is 0 Å². The van der Waals surface area contributed by atoms with Crippen LogP contribution >= 0.6 is 11.8 Å². The number of methoxy groups -OCH3 is 1. The van der Waals surface area contributed by atoms with E-state index in [0.717, 1.165) is 11.1 Å². The monoisotopic (exact) mass is 487 g/mol. The molecule has 1 saturated heterocycles. The lowest BCUT2D eigenvalue weighted by Gasteiger charge is -2.33. The van der Waals surface area contributed by atoms with Crippen molar-refractivity contribution in [2.75, 3.05) is 29.2 Å². The van der Waals surface area contributed by atoms with Gasteiger partial charge in [-0.05, 0) is 30.7 Å². The number of ether oxygens (including phenoxy) is 1. The third-order valence-electron chi connectivity index (χ3n) is 6.29. The highest BCUT2D eigenvalue weighted by Gasteiger charge is 2.61. The van der Waals surface area contributed by atoms with Crippen molar-refractivity contribution in [1.29, 1.82) is 0 Å². The normalized spacial score (nSPS) is 18.8. The number of carbonyl (C=O) groups is 3. The van der Waals surface area contributed by atoms with E-state index >= 15 is 0 Å². The Balaban J connectivity index is 1.45. The highest BCUT2D eigenvalue weighted by molar-refractivity contribution is 8.02. The Morgan fingerprint density at radius 2 is 1.83 bits per heavy atom. The lowest BCUT2D eigenvalue weighted by molar-refractivity contribution is -0.125. The molecule has 2 aliphatic rings. The Labute approximate surface area is 208 Å². The highest BCUT2D eigenvalue weighted by Crippen LogP contribution is 2.55. The van der Waals surface area contributed by atoms with E-state index in [1.165, 1.54) is 16.7 Å². The number of nitrogens with one attached hydrogen (secondary N) is 1. The van der Waals surface area contributed by atoms with Gasteiger partial charge >= 0.3 is 0 Å². The van der Waals surface area contributed by atoms with E-state index < -0.39 is 4.87 Å². The Bertz CT molecular complexity index is 1310. The van der Waals surface area contributed by atoms with E-state index in [9.17, 15) is 14.4 Å². The summed E-state index contributed by atoms with van der Waals surface area (Å²) in [4.78, 5) is 41.8. The number of aryl methyl sites for hydroxylation is 1. The number of anilines is 2. The number of rotatable bonds is 6. The summed E-state index contributed by atoms with van der Waals surface area (Å²) in [6.45, 7) is 2.25. The highest BCUT2D eigenvalue weighted by atomic mass is 32.2. The molecular weight excluding hydrogens is 462 g/mol. The first-order valence-corrected chi connectivity index (χ1v) is 12.3. The molecule has 2 heterocycles. The zero-order valence-corrected chi connectivity index (χ0v) is 20.3. The van der Waals surface area contributed by atoms with Gasteiger partial charge in [-0.1, -0.05) is 54.1 Å². The van der Waals surface area contributed by atoms with Crippen molar-refractivity contribution in [3.8, 4) is 5.75 Å². The van der Waals surface area contributed by atoms with Crippen LogP contribution in [0.1, 0.15) is 16.7 Å². The Kier molecular flexibility index (Phi) is 5.98. The van der Waals surface area contributed by atoms with Crippen molar-refractivity contribution >= 4 is 40.9 Å². The average molecular weight is 488 g/mol. The van der Waals surface area contributed by atoms with E-state index in [2.05, 4.69) is 5.32 Å². The van der Waals surface area contributed by atoms with Crippen LogP contribution < -0.4 is 19.9 Å². The van der Waals surface area contributed by atoms with Crippen LogP contribution in [-0.4, -0.2) is 37.1 Å². The third kappa shape index (κ3) is 3.93. The second-order valence-electron chi connectivity index (χ2n) is 8.53. The van der Waals surface area contributed by atoms with Gasteiger partial charge in [0.15, 0.2) is 0 Å². The van der Waals surface area contributed by atoms with Crippen LogP contribution in [0.5, 0.6) is 5.75 Å². The molecule has 0 aliphatic carbocycles. The minimum atomic E-state index is -1.27. The Morgan fingerprint density at radius 3 is 2.60 bits per heavy atom. The van der Waals surface area contributed by atoms with Gasteiger partial charge in [0, 0.05) is 23.9 Å². The fourth-order valence-electron chi connectivity index (χ4n) is 4.57. The first-order chi connectivity index (χ1) is 16.9. The van der Waals surface area contributed by atoms with E-state index in [-0.39, 0.29) is 30.0 Å². The van der Waals surface area contributed by atoms with Gasteiger partial charge in [-0.2, -0.15) is 0 Å². The number of hydrogen-bond acceptors (Lipinski definition) is 5. The minimum Gasteiger partial charge on any atom is -0.497 e. The van der Waals surface area contributed by atoms with Crippen LogP contribution in [0.25, 0.3) is 0 Å². The molecule has 1 atom stereocenters. The third-order valence-corrected chi connectivity index (χ3v) is 7.67. The van der Waals surface area contributed by atoms with Crippen LogP contribution in [0, 0.1) is 6.92 Å². The van der Waals surface area contributed by atoms with Crippen LogP contribution in [0.2, 0.25) is 0 Å². The van der Waals surface area contributed by atoms with Crippen molar-refractivity contribution in [1.82, 2.24) is 5.32 Å². The van der Waals surface area contributed by atoms with Gasteiger partial charge in [-0.3, -0.25) is 24.2 Å². The Hall–Kier alpha value is -3.78. The second kappa shape index (κ2) is 9.11. The quantitative estimate of drug-likeness (QED) is 0.575. The van der Waals surface area contributed by atoms with Gasteiger partial charge in [-0.15, -0.1) is 11.8 Å². The second-order valence-corrected chi connectivity index (χ2v) is 9.70. The number of nitrogens with zero attached hydrogens (tertiary/aromatic N) is 2. The minimum absolute atomic E-state index is 0.135. The molecule has 7 nitrogen and oxygen atoms in total.